The summed E-state index contributed by atoms with van der Waals surface area (Å²) in [6.07, 6.45) is -2.14. The van der Waals surface area contributed by atoms with Crippen LogP contribution >= 0.6 is 0 Å². The van der Waals surface area contributed by atoms with Crippen LogP contribution in [0.2, 0.25) is 0 Å². The fraction of sp³-hybridized carbons (Fsp3) is 0.421. The number of aromatic nitrogens is 2. The van der Waals surface area contributed by atoms with Crippen molar-refractivity contribution < 1.29 is 27.1 Å². The summed E-state index contributed by atoms with van der Waals surface area (Å²) in [6, 6.07) is 5.02. The van der Waals surface area contributed by atoms with E-state index in [-0.39, 0.29) is 18.0 Å². The molecule has 2 aromatic rings. The van der Waals surface area contributed by atoms with E-state index in [4.69, 9.17) is 0 Å². The highest BCUT2D eigenvalue weighted by atomic mass is 19.4. The standard InChI is InChI=1S/C19H20F4N4O2/c1-11-7-14(26-12(2)28)5-6-27(11)18-9-16(24-10-25-18)13-3-4-17(15(20)8-13)29-19(21,22)23/h3-4,8-11,14H,5-7H2,1-2H3,(H,26,28). The minimum atomic E-state index is -4.97. The van der Waals surface area contributed by atoms with Gasteiger partial charge in [0.1, 0.15) is 12.1 Å². The van der Waals surface area contributed by atoms with Gasteiger partial charge in [-0.05, 0) is 38.0 Å². The van der Waals surface area contributed by atoms with E-state index in [0.29, 0.717) is 23.6 Å². The van der Waals surface area contributed by atoms with E-state index in [0.717, 1.165) is 25.0 Å². The molecule has 1 aliphatic heterocycles. The molecule has 0 bridgehead atoms. The molecule has 1 aromatic heterocycles. The Morgan fingerprint density at radius 3 is 2.66 bits per heavy atom. The molecule has 0 spiro atoms. The van der Waals surface area contributed by atoms with Gasteiger partial charge in [-0.25, -0.2) is 14.4 Å². The van der Waals surface area contributed by atoms with Gasteiger partial charge in [-0.3, -0.25) is 4.79 Å². The van der Waals surface area contributed by atoms with E-state index in [2.05, 4.69) is 24.9 Å². The summed E-state index contributed by atoms with van der Waals surface area (Å²) in [5.74, 6) is -1.48. The van der Waals surface area contributed by atoms with Crippen LogP contribution in [0.5, 0.6) is 5.75 Å². The third-order valence-corrected chi connectivity index (χ3v) is 4.68. The fourth-order valence-corrected chi connectivity index (χ4v) is 3.46. The molecule has 1 amide bonds. The number of alkyl halides is 3. The van der Waals surface area contributed by atoms with Gasteiger partial charge in [0.25, 0.3) is 0 Å². The number of ether oxygens (including phenoxy) is 1. The fourth-order valence-electron chi connectivity index (χ4n) is 3.46. The molecule has 0 radical (unpaired) electrons. The van der Waals surface area contributed by atoms with Crippen molar-refractivity contribution in [3.63, 3.8) is 0 Å². The summed E-state index contributed by atoms with van der Waals surface area (Å²) in [7, 11) is 0. The van der Waals surface area contributed by atoms with Crippen molar-refractivity contribution in [2.75, 3.05) is 11.4 Å². The smallest absolute Gasteiger partial charge is 0.403 e. The summed E-state index contributed by atoms with van der Waals surface area (Å²) in [4.78, 5) is 21.7. The number of carbonyl (C=O) groups is 1. The van der Waals surface area contributed by atoms with Crippen molar-refractivity contribution in [2.45, 2.75) is 45.1 Å². The van der Waals surface area contributed by atoms with Crippen LogP contribution in [0.25, 0.3) is 11.3 Å². The SMILES string of the molecule is CC(=O)NC1CCN(c2cc(-c3ccc(OC(F)(F)F)c(F)c3)ncn2)C(C)C1. The van der Waals surface area contributed by atoms with Crippen LogP contribution in [-0.2, 0) is 4.79 Å². The first kappa shape index (κ1) is 20.8. The van der Waals surface area contributed by atoms with Crippen molar-refractivity contribution in [1.29, 1.82) is 0 Å². The highest BCUT2D eigenvalue weighted by Crippen LogP contribution is 2.30. The van der Waals surface area contributed by atoms with Crippen molar-refractivity contribution in [3.8, 4) is 17.0 Å². The summed E-state index contributed by atoms with van der Waals surface area (Å²) in [6.45, 7) is 4.16. The Morgan fingerprint density at radius 2 is 2.03 bits per heavy atom. The van der Waals surface area contributed by atoms with Crippen LogP contribution in [0.1, 0.15) is 26.7 Å². The second-order valence-corrected chi connectivity index (χ2v) is 6.92. The minimum absolute atomic E-state index is 0.0695. The van der Waals surface area contributed by atoms with E-state index in [1.165, 1.54) is 19.3 Å². The van der Waals surface area contributed by atoms with E-state index < -0.39 is 17.9 Å². The molecule has 156 valence electrons. The lowest BCUT2D eigenvalue weighted by atomic mass is 9.98. The highest BCUT2D eigenvalue weighted by molar-refractivity contribution is 5.73. The largest absolute Gasteiger partial charge is 0.573 e. The molecule has 1 fully saturated rings. The van der Waals surface area contributed by atoms with Gasteiger partial charge < -0.3 is 15.0 Å². The molecule has 1 aromatic carbocycles. The molecule has 3 rings (SSSR count). The van der Waals surface area contributed by atoms with E-state index in [1.54, 1.807) is 6.07 Å². The van der Waals surface area contributed by atoms with Gasteiger partial charge >= 0.3 is 6.36 Å². The van der Waals surface area contributed by atoms with Gasteiger partial charge in [-0.15, -0.1) is 13.2 Å². The predicted octanol–water partition coefficient (Wildman–Crippen LogP) is 3.67. The van der Waals surface area contributed by atoms with Gasteiger partial charge in [0.2, 0.25) is 5.91 Å². The van der Waals surface area contributed by atoms with Crippen LogP contribution < -0.4 is 15.0 Å². The molecular weight excluding hydrogens is 392 g/mol. The zero-order chi connectivity index (χ0) is 21.2. The Morgan fingerprint density at radius 1 is 1.28 bits per heavy atom. The Labute approximate surface area is 164 Å². The number of carbonyl (C=O) groups excluding carboxylic acids is 1. The number of piperidine rings is 1. The number of hydrogen-bond acceptors (Lipinski definition) is 5. The lowest BCUT2D eigenvalue weighted by Crippen LogP contribution is -2.48. The lowest BCUT2D eigenvalue weighted by molar-refractivity contribution is -0.275. The molecule has 2 unspecified atom stereocenters. The molecule has 1 aliphatic rings. The van der Waals surface area contributed by atoms with E-state index in [9.17, 15) is 22.4 Å². The Bertz CT molecular complexity index is 891. The quantitative estimate of drug-likeness (QED) is 0.777. The minimum Gasteiger partial charge on any atom is -0.403 e. The molecule has 0 saturated carbocycles. The van der Waals surface area contributed by atoms with Gasteiger partial charge in [0.15, 0.2) is 11.6 Å². The first-order valence-corrected chi connectivity index (χ1v) is 9.04. The van der Waals surface area contributed by atoms with Crippen LogP contribution in [0, 0.1) is 5.82 Å². The van der Waals surface area contributed by atoms with Crippen molar-refractivity contribution in [3.05, 3.63) is 36.4 Å². The molecule has 29 heavy (non-hydrogen) atoms. The Kier molecular flexibility index (Phi) is 5.90. The summed E-state index contributed by atoms with van der Waals surface area (Å²) >= 11 is 0. The van der Waals surface area contributed by atoms with E-state index >= 15 is 0 Å². The maximum atomic E-state index is 14.0. The average Bonchev–Trinajstić information content (AvgIpc) is 2.62. The number of hydrogen-bond donors (Lipinski definition) is 1. The van der Waals surface area contributed by atoms with Gasteiger partial charge in [0.05, 0.1) is 5.69 Å². The van der Waals surface area contributed by atoms with Gasteiger partial charge in [0, 0.05) is 37.2 Å². The molecule has 6 nitrogen and oxygen atoms in total. The van der Waals surface area contributed by atoms with Crippen LogP contribution in [0.4, 0.5) is 23.4 Å². The number of halogens is 4. The molecule has 10 heteroatoms. The third kappa shape index (κ3) is 5.33. The number of benzene rings is 1. The highest BCUT2D eigenvalue weighted by Gasteiger charge is 2.32. The Balaban J connectivity index is 1.78. The normalized spacial score (nSPS) is 19.7. The van der Waals surface area contributed by atoms with Crippen LogP contribution in [0.3, 0.4) is 0 Å². The number of nitrogens with one attached hydrogen (secondary N) is 1. The number of nitrogens with zero attached hydrogens (tertiary/aromatic N) is 3. The van der Waals surface area contributed by atoms with Crippen molar-refractivity contribution >= 4 is 11.7 Å². The second kappa shape index (κ2) is 8.22. The molecule has 0 aliphatic carbocycles. The van der Waals surface area contributed by atoms with E-state index in [1.807, 2.05) is 6.92 Å². The molecule has 1 N–H and O–H groups in total. The van der Waals surface area contributed by atoms with Gasteiger partial charge in [-0.1, -0.05) is 0 Å². The predicted molar refractivity (Wildman–Crippen MR) is 97.8 cm³/mol. The average molecular weight is 412 g/mol. The van der Waals surface area contributed by atoms with Crippen molar-refractivity contribution in [1.82, 2.24) is 15.3 Å². The Hall–Kier alpha value is -2.91. The number of amides is 1. The summed E-state index contributed by atoms with van der Waals surface area (Å²) in [5.41, 5.74) is 0.685. The number of rotatable bonds is 4. The van der Waals surface area contributed by atoms with Crippen LogP contribution in [0.15, 0.2) is 30.6 Å². The maximum absolute atomic E-state index is 14.0. The maximum Gasteiger partial charge on any atom is 0.573 e. The first-order chi connectivity index (χ1) is 13.6. The second-order valence-electron chi connectivity index (χ2n) is 6.92. The summed E-state index contributed by atoms with van der Waals surface area (Å²) < 4.78 is 54.6. The lowest BCUT2D eigenvalue weighted by Gasteiger charge is -2.38. The van der Waals surface area contributed by atoms with Crippen molar-refractivity contribution in [2.24, 2.45) is 0 Å². The third-order valence-electron chi connectivity index (χ3n) is 4.68. The van der Waals surface area contributed by atoms with Gasteiger partial charge in [-0.2, -0.15) is 0 Å². The monoisotopic (exact) mass is 412 g/mol. The topological polar surface area (TPSA) is 67.4 Å². The zero-order valence-electron chi connectivity index (χ0n) is 15.8. The number of anilines is 1. The molecule has 2 heterocycles. The molecule has 1 saturated heterocycles. The first-order valence-electron chi connectivity index (χ1n) is 9.04. The zero-order valence-corrected chi connectivity index (χ0v) is 15.8. The molecule has 2 atom stereocenters. The van der Waals surface area contributed by atoms with Crippen LogP contribution in [-0.4, -0.2) is 40.9 Å². The molecular formula is C19H20F4N4O2. The summed E-state index contributed by atoms with van der Waals surface area (Å²) in [5, 5.41) is 2.92.